The first-order chi connectivity index (χ1) is 6.50. The Balaban J connectivity index is 2.22. The molecule has 1 rings (SSSR count). The number of alkyl halides is 1. The fraction of sp³-hybridized carbons (Fsp3) is 0.727. The Bertz CT molecular complexity index is 251. The zero-order valence-corrected chi connectivity index (χ0v) is 10.7. The smallest absolute Gasteiger partial charge is 0.0794 e. The zero-order chi connectivity index (χ0) is 10.6. The van der Waals surface area contributed by atoms with E-state index in [0.717, 1.165) is 19.3 Å². The minimum absolute atomic E-state index is 0.218. The summed E-state index contributed by atoms with van der Waals surface area (Å²) in [6, 6.07) is 0. The fourth-order valence-corrected chi connectivity index (χ4v) is 2.05. The molecule has 0 amide bonds. The van der Waals surface area contributed by atoms with Crippen molar-refractivity contribution < 1.29 is 0 Å². The van der Waals surface area contributed by atoms with Crippen LogP contribution in [-0.2, 0) is 6.42 Å². The van der Waals surface area contributed by atoms with Gasteiger partial charge in [0.25, 0.3) is 0 Å². The molecule has 80 valence electrons. The molecule has 0 saturated carbocycles. The van der Waals surface area contributed by atoms with Crippen molar-refractivity contribution in [3.05, 3.63) is 16.6 Å². The summed E-state index contributed by atoms with van der Waals surface area (Å²) in [4.78, 5) is 5.42. The SMILES string of the molecule is CC(C)(C)C(Cl)CCCc1cncs1. The Kier molecular flexibility index (Phi) is 4.39. The average Bonchev–Trinajstić information content (AvgIpc) is 2.55. The normalized spacial score (nSPS) is 14.3. The molecule has 0 fully saturated rings. The van der Waals surface area contributed by atoms with Crippen molar-refractivity contribution in [3.8, 4) is 0 Å². The third-order valence-corrected chi connectivity index (χ3v) is 4.02. The molecular formula is C11H18ClNS. The van der Waals surface area contributed by atoms with Gasteiger partial charge < -0.3 is 0 Å². The molecule has 0 aliphatic rings. The van der Waals surface area contributed by atoms with E-state index in [4.69, 9.17) is 11.6 Å². The number of hydrogen-bond acceptors (Lipinski definition) is 2. The summed E-state index contributed by atoms with van der Waals surface area (Å²) in [6.07, 6.45) is 5.31. The van der Waals surface area contributed by atoms with E-state index in [0.29, 0.717) is 0 Å². The van der Waals surface area contributed by atoms with Crippen LogP contribution in [0.5, 0.6) is 0 Å². The maximum atomic E-state index is 6.28. The molecule has 1 nitrogen and oxygen atoms in total. The molecule has 3 heteroatoms. The monoisotopic (exact) mass is 231 g/mol. The van der Waals surface area contributed by atoms with Crippen LogP contribution in [0.25, 0.3) is 0 Å². The lowest BCUT2D eigenvalue weighted by Gasteiger charge is -2.24. The highest BCUT2D eigenvalue weighted by Crippen LogP contribution is 2.28. The van der Waals surface area contributed by atoms with E-state index >= 15 is 0 Å². The Morgan fingerprint density at radius 2 is 2.21 bits per heavy atom. The number of aromatic nitrogens is 1. The molecule has 0 spiro atoms. The third kappa shape index (κ3) is 3.97. The van der Waals surface area contributed by atoms with Gasteiger partial charge in [0.15, 0.2) is 0 Å². The van der Waals surface area contributed by atoms with Gasteiger partial charge in [-0.1, -0.05) is 20.8 Å². The van der Waals surface area contributed by atoms with Gasteiger partial charge in [-0.15, -0.1) is 22.9 Å². The van der Waals surface area contributed by atoms with Crippen molar-refractivity contribution in [2.75, 3.05) is 0 Å². The summed E-state index contributed by atoms with van der Waals surface area (Å²) < 4.78 is 0. The number of rotatable bonds is 4. The van der Waals surface area contributed by atoms with Crippen LogP contribution in [0.15, 0.2) is 11.7 Å². The van der Waals surface area contributed by atoms with Gasteiger partial charge >= 0.3 is 0 Å². The summed E-state index contributed by atoms with van der Waals surface area (Å²) >= 11 is 8.01. The van der Waals surface area contributed by atoms with Crippen molar-refractivity contribution in [1.82, 2.24) is 4.98 Å². The minimum atomic E-state index is 0.218. The highest BCUT2D eigenvalue weighted by Gasteiger charge is 2.21. The molecule has 1 atom stereocenters. The Labute approximate surface area is 95.5 Å². The molecule has 1 unspecified atom stereocenters. The van der Waals surface area contributed by atoms with Crippen molar-refractivity contribution in [1.29, 1.82) is 0 Å². The molecule has 0 radical (unpaired) electrons. The van der Waals surface area contributed by atoms with E-state index in [1.807, 2.05) is 11.7 Å². The summed E-state index contributed by atoms with van der Waals surface area (Å²) in [5.41, 5.74) is 2.10. The van der Waals surface area contributed by atoms with E-state index in [-0.39, 0.29) is 10.8 Å². The van der Waals surface area contributed by atoms with Crippen LogP contribution >= 0.6 is 22.9 Å². The van der Waals surface area contributed by atoms with Gasteiger partial charge in [-0.2, -0.15) is 0 Å². The van der Waals surface area contributed by atoms with Gasteiger partial charge in [0.05, 0.1) is 5.51 Å². The van der Waals surface area contributed by atoms with Crippen LogP contribution in [0.4, 0.5) is 0 Å². The van der Waals surface area contributed by atoms with Gasteiger partial charge in [0.1, 0.15) is 0 Å². The highest BCUT2D eigenvalue weighted by atomic mass is 35.5. The lowest BCUT2D eigenvalue weighted by molar-refractivity contribution is 0.369. The van der Waals surface area contributed by atoms with Gasteiger partial charge in [-0.3, -0.25) is 4.98 Å². The molecule has 0 N–H and O–H groups in total. The van der Waals surface area contributed by atoms with Crippen molar-refractivity contribution >= 4 is 22.9 Å². The quantitative estimate of drug-likeness (QED) is 0.711. The first kappa shape index (κ1) is 12.0. The predicted molar refractivity (Wildman–Crippen MR) is 64.1 cm³/mol. The fourth-order valence-electron chi connectivity index (χ4n) is 1.25. The van der Waals surface area contributed by atoms with E-state index in [2.05, 4.69) is 25.8 Å². The van der Waals surface area contributed by atoms with Gasteiger partial charge in [0.2, 0.25) is 0 Å². The minimum Gasteiger partial charge on any atom is -0.253 e. The second-order valence-corrected chi connectivity index (χ2v) is 6.19. The molecule has 0 aromatic carbocycles. The van der Waals surface area contributed by atoms with E-state index in [1.165, 1.54) is 4.88 Å². The maximum absolute atomic E-state index is 6.28. The number of halogens is 1. The Morgan fingerprint density at radius 1 is 1.50 bits per heavy atom. The van der Waals surface area contributed by atoms with E-state index < -0.39 is 0 Å². The molecule has 1 aromatic rings. The molecule has 1 aromatic heterocycles. The second kappa shape index (κ2) is 5.13. The molecule has 1 heterocycles. The van der Waals surface area contributed by atoms with Crippen molar-refractivity contribution in [2.45, 2.75) is 45.4 Å². The first-order valence-electron chi connectivity index (χ1n) is 5.01. The number of nitrogens with zero attached hydrogens (tertiary/aromatic N) is 1. The van der Waals surface area contributed by atoms with E-state index in [9.17, 15) is 0 Å². The number of hydrogen-bond donors (Lipinski definition) is 0. The molecule has 0 aliphatic heterocycles. The molecule has 0 bridgehead atoms. The van der Waals surface area contributed by atoms with Crippen molar-refractivity contribution in [2.24, 2.45) is 5.41 Å². The molecule has 0 saturated heterocycles. The number of thiazole rings is 1. The van der Waals surface area contributed by atoms with Crippen molar-refractivity contribution in [3.63, 3.8) is 0 Å². The van der Waals surface area contributed by atoms with Gasteiger partial charge in [0, 0.05) is 16.5 Å². The lowest BCUT2D eigenvalue weighted by Crippen LogP contribution is -2.20. The van der Waals surface area contributed by atoms with Crippen LogP contribution in [0.2, 0.25) is 0 Å². The van der Waals surface area contributed by atoms with Gasteiger partial charge in [-0.05, 0) is 24.7 Å². The standard InChI is InChI=1S/C11H18ClNS/c1-11(2,3)10(12)6-4-5-9-7-13-8-14-9/h7-8,10H,4-6H2,1-3H3. The summed E-state index contributed by atoms with van der Waals surface area (Å²) in [5, 5.41) is 0.274. The second-order valence-electron chi connectivity index (χ2n) is 4.69. The molecule has 14 heavy (non-hydrogen) atoms. The van der Waals surface area contributed by atoms with Gasteiger partial charge in [-0.25, -0.2) is 0 Å². The van der Waals surface area contributed by atoms with Crippen LogP contribution in [0, 0.1) is 5.41 Å². The molecular weight excluding hydrogens is 214 g/mol. The van der Waals surface area contributed by atoms with Crippen LogP contribution < -0.4 is 0 Å². The Morgan fingerprint density at radius 3 is 2.71 bits per heavy atom. The highest BCUT2D eigenvalue weighted by molar-refractivity contribution is 7.09. The molecule has 0 aliphatic carbocycles. The summed E-state index contributed by atoms with van der Waals surface area (Å²) in [6.45, 7) is 6.58. The zero-order valence-electron chi connectivity index (χ0n) is 9.09. The average molecular weight is 232 g/mol. The first-order valence-corrected chi connectivity index (χ1v) is 6.33. The largest absolute Gasteiger partial charge is 0.253 e. The maximum Gasteiger partial charge on any atom is 0.0794 e. The Hall–Kier alpha value is -0.0800. The topological polar surface area (TPSA) is 12.9 Å². The number of aryl methyl sites for hydroxylation is 1. The summed E-state index contributed by atoms with van der Waals surface area (Å²) in [5.74, 6) is 0. The van der Waals surface area contributed by atoms with Crippen LogP contribution in [0.3, 0.4) is 0 Å². The third-order valence-electron chi connectivity index (χ3n) is 2.30. The summed E-state index contributed by atoms with van der Waals surface area (Å²) in [7, 11) is 0. The van der Waals surface area contributed by atoms with Crippen LogP contribution in [0.1, 0.15) is 38.5 Å². The van der Waals surface area contributed by atoms with Crippen LogP contribution in [-0.4, -0.2) is 10.4 Å². The lowest BCUT2D eigenvalue weighted by atomic mass is 9.89. The van der Waals surface area contributed by atoms with E-state index in [1.54, 1.807) is 11.3 Å². The predicted octanol–water partition coefficient (Wildman–Crippen LogP) is 4.12.